The van der Waals surface area contributed by atoms with Crippen molar-refractivity contribution in [1.29, 1.82) is 0 Å². The molecule has 2 N–H and O–H groups in total. The Hall–Kier alpha value is -0.590. The smallest absolute Gasteiger partial charge is 0.371 e. The van der Waals surface area contributed by atoms with Crippen LogP contribution in [-0.4, -0.2) is 8.42 Å². The molecule has 0 fully saturated rings. The molecule has 0 saturated carbocycles. The molecule has 4 nitrogen and oxygen atoms in total. The van der Waals surface area contributed by atoms with E-state index < -0.39 is 10.3 Å². The first kappa shape index (κ1) is 10.5. The number of halogens is 1. The van der Waals surface area contributed by atoms with Gasteiger partial charge >= 0.3 is 10.3 Å². The molecular weight excluding hydrogens is 258 g/mol. The Labute approximate surface area is 85.1 Å². The third-order valence-electron chi connectivity index (χ3n) is 1.23. The summed E-state index contributed by atoms with van der Waals surface area (Å²) in [7, 11) is -3.93. The van der Waals surface area contributed by atoms with Crippen molar-refractivity contribution in [1.82, 2.24) is 0 Å². The fourth-order valence-corrected chi connectivity index (χ4v) is 1.84. The summed E-state index contributed by atoms with van der Waals surface area (Å²) in [4.78, 5) is 0. The van der Waals surface area contributed by atoms with Crippen LogP contribution in [0.5, 0.6) is 5.75 Å². The first-order chi connectivity index (χ1) is 5.87. The molecule has 0 aliphatic rings. The van der Waals surface area contributed by atoms with Crippen LogP contribution in [0.3, 0.4) is 0 Å². The largest absolute Gasteiger partial charge is 0.380 e. The van der Waals surface area contributed by atoms with Gasteiger partial charge in [0.1, 0.15) is 5.75 Å². The van der Waals surface area contributed by atoms with Gasteiger partial charge < -0.3 is 4.18 Å². The summed E-state index contributed by atoms with van der Waals surface area (Å²) in [6.07, 6.45) is 0. The second kappa shape index (κ2) is 3.65. The summed E-state index contributed by atoms with van der Waals surface area (Å²) in [5.41, 5.74) is 0.882. The maximum Gasteiger partial charge on any atom is 0.380 e. The van der Waals surface area contributed by atoms with E-state index >= 15 is 0 Å². The zero-order valence-electron chi connectivity index (χ0n) is 6.82. The quantitative estimate of drug-likeness (QED) is 0.878. The van der Waals surface area contributed by atoms with E-state index in [0.717, 1.165) is 10.0 Å². The molecule has 0 aromatic heterocycles. The zero-order chi connectivity index (χ0) is 10.1. The Morgan fingerprint density at radius 2 is 2.00 bits per heavy atom. The lowest BCUT2D eigenvalue weighted by Crippen LogP contribution is -2.18. The Kier molecular flexibility index (Phi) is 2.94. The highest BCUT2D eigenvalue weighted by molar-refractivity contribution is 9.10. The van der Waals surface area contributed by atoms with Gasteiger partial charge in [-0.25, -0.2) is 0 Å². The molecule has 0 atom stereocenters. The summed E-state index contributed by atoms with van der Waals surface area (Å²) in [5, 5.41) is 4.70. The number of benzene rings is 1. The summed E-state index contributed by atoms with van der Waals surface area (Å²) in [6, 6.07) is 4.93. The standard InChI is InChI=1S/C7H8BrNO3S/c1-5-2-6(8)4-7(3-5)12-13(9,10)11/h2-4H,1H3,(H2,9,10,11). The molecule has 0 aliphatic carbocycles. The van der Waals surface area contributed by atoms with Gasteiger partial charge in [0.2, 0.25) is 0 Å². The van der Waals surface area contributed by atoms with Crippen LogP contribution in [0.4, 0.5) is 0 Å². The summed E-state index contributed by atoms with van der Waals surface area (Å²) >= 11 is 3.20. The number of hydrogen-bond donors (Lipinski definition) is 1. The lowest BCUT2D eigenvalue weighted by Gasteiger charge is -2.03. The lowest BCUT2D eigenvalue weighted by molar-refractivity contribution is 0.487. The third-order valence-corrected chi connectivity index (χ3v) is 2.11. The minimum absolute atomic E-state index is 0.203. The number of rotatable bonds is 2. The van der Waals surface area contributed by atoms with E-state index in [-0.39, 0.29) is 5.75 Å². The monoisotopic (exact) mass is 265 g/mol. The number of nitrogens with two attached hydrogens (primary N) is 1. The van der Waals surface area contributed by atoms with Gasteiger partial charge in [-0.3, -0.25) is 0 Å². The van der Waals surface area contributed by atoms with E-state index in [9.17, 15) is 8.42 Å². The maximum absolute atomic E-state index is 10.6. The second-order valence-corrected chi connectivity index (χ2v) is 4.61. The minimum atomic E-state index is -3.93. The molecule has 0 amide bonds. The van der Waals surface area contributed by atoms with E-state index in [1.165, 1.54) is 6.07 Å². The maximum atomic E-state index is 10.6. The van der Waals surface area contributed by atoms with Gasteiger partial charge in [-0.2, -0.15) is 13.6 Å². The third kappa shape index (κ3) is 3.75. The van der Waals surface area contributed by atoms with Crippen LogP contribution in [0.15, 0.2) is 22.7 Å². The van der Waals surface area contributed by atoms with Gasteiger partial charge in [0.25, 0.3) is 0 Å². The van der Waals surface area contributed by atoms with Gasteiger partial charge in [-0.05, 0) is 30.7 Å². The normalized spacial score (nSPS) is 11.3. The van der Waals surface area contributed by atoms with Gasteiger partial charge in [0.05, 0.1) is 0 Å². The fourth-order valence-electron chi connectivity index (χ4n) is 0.885. The Bertz CT molecular complexity index is 395. The van der Waals surface area contributed by atoms with Crippen LogP contribution in [0.25, 0.3) is 0 Å². The van der Waals surface area contributed by atoms with Gasteiger partial charge in [-0.15, -0.1) is 0 Å². The summed E-state index contributed by atoms with van der Waals surface area (Å²) in [6.45, 7) is 1.82. The highest BCUT2D eigenvalue weighted by atomic mass is 79.9. The topological polar surface area (TPSA) is 69.4 Å². The molecule has 1 rings (SSSR count). The molecule has 0 radical (unpaired) electrons. The Morgan fingerprint density at radius 3 is 2.46 bits per heavy atom. The van der Waals surface area contributed by atoms with Crippen LogP contribution in [0.2, 0.25) is 0 Å². The van der Waals surface area contributed by atoms with E-state index in [4.69, 9.17) is 5.14 Å². The van der Waals surface area contributed by atoms with Crippen LogP contribution < -0.4 is 9.32 Å². The van der Waals surface area contributed by atoms with Crippen molar-refractivity contribution in [2.45, 2.75) is 6.92 Å². The first-order valence-corrected chi connectivity index (χ1v) is 5.63. The van der Waals surface area contributed by atoms with E-state index in [2.05, 4.69) is 20.1 Å². The number of aryl methyl sites for hydroxylation is 1. The molecule has 13 heavy (non-hydrogen) atoms. The first-order valence-electron chi connectivity index (χ1n) is 3.36. The van der Waals surface area contributed by atoms with Gasteiger partial charge in [-0.1, -0.05) is 15.9 Å². The van der Waals surface area contributed by atoms with Crippen molar-refractivity contribution >= 4 is 26.2 Å². The number of hydrogen-bond acceptors (Lipinski definition) is 3. The van der Waals surface area contributed by atoms with Crippen LogP contribution in [0.1, 0.15) is 5.56 Å². The Morgan fingerprint density at radius 1 is 1.38 bits per heavy atom. The van der Waals surface area contributed by atoms with Crippen molar-refractivity contribution < 1.29 is 12.6 Å². The highest BCUT2D eigenvalue weighted by Gasteiger charge is 2.05. The van der Waals surface area contributed by atoms with Crippen molar-refractivity contribution in [2.24, 2.45) is 5.14 Å². The summed E-state index contributed by atoms with van der Waals surface area (Å²) < 4.78 is 26.4. The molecule has 0 bridgehead atoms. The van der Waals surface area contributed by atoms with Crippen LogP contribution in [0, 0.1) is 6.92 Å². The van der Waals surface area contributed by atoms with Crippen molar-refractivity contribution in [2.75, 3.05) is 0 Å². The molecule has 1 aromatic rings. The summed E-state index contributed by atoms with van der Waals surface area (Å²) in [5.74, 6) is 0.203. The Balaban J connectivity index is 3.03. The molecule has 0 spiro atoms. The average Bonchev–Trinajstić information content (AvgIpc) is 1.78. The van der Waals surface area contributed by atoms with Crippen molar-refractivity contribution in [3.63, 3.8) is 0 Å². The molecule has 0 unspecified atom stereocenters. The lowest BCUT2D eigenvalue weighted by atomic mass is 10.2. The van der Waals surface area contributed by atoms with E-state index in [1.807, 2.05) is 13.0 Å². The molecule has 0 saturated heterocycles. The zero-order valence-corrected chi connectivity index (χ0v) is 9.22. The van der Waals surface area contributed by atoms with Crippen LogP contribution in [-0.2, 0) is 10.3 Å². The minimum Gasteiger partial charge on any atom is -0.371 e. The molecule has 72 valence electrons. The van der Waals surface area contributed by atoms with Gasteiger partial charge in [0, 0.05) is 4.47 Å². The SMILES string of the molecule is Cc1cc(Br)cc(OS(N)(=O)=O)c1. The molecule has 6 heteroatoms. The molecular formula is C7H8BrNO3S. The van der Waals surface area contributed by atoms with E-state index in [0.29, 0.717) is 0 Å². The van der Waals surface area contributed by atoms with Crippen LogP contribution >= 0.6 is 15.9 Å². The van der Waals surface area contributed by atoms with Gasteiger partial charge in [0.15, 0.2) is 0 Å². The van der Waals surface area contributed by atoms with Crippen molar-refractivity contribution in [3.8, 4) is 5.75 Å². The predicted octanol–water partition coefficient (Wildman–Crippen LogP) is 1.34. The highest BCUT2D eigenvalue weighted by Crippen LogP contribution is 2.21. The predicted molar refractivity (Wildman–Crippen MR) is 52.6 cm³/mol. The average molecular weight is 266 g/mol. The molecule has 0 aliphatic heterocycles. The second-order valence-electron chi connectivity index (χ2n) is 2.54. The fraction of sp³-hybridized carbons (Fsp3) is 0.143. The van der Waals surface area contributed by atoms with E-state index in [1.54, 1.807) is 6.07 Å². The molecule has 0 heterocycles. The van der Waals surface area contributed by atoms with Crippen molar-refractivity contribution in [3.05, 3.63) is 28.2 Å². The molecule has 1 aromatic carbocycles.